The molecule has 0 aliphatic carbocycles. The average molecular weight is 581 g/mol. The Kier molecular flexibility index (Phi) is 7.65. The number of anilines is 2. The molecule has 3 aromatic carbocycles. The zero-order valence-corrected chi connectivity index (χ0v) is 23.3. The maximum absolute atomic E-state index is 13.3. The number of nitro groups is 1. The summed E-state index contributed by atoms with van der Waals surface area (Å²) in [5, 5.41) is 12.0. The van der Waals surface area contributed by atoms with E-state index in [1.807, 2.05) is 4.90 Å². The summed E-state index contributed by atoms with van der Waals surface area (Å²) in [6, 6.07) is 18.8. The van der Waals surface area contributed by atoms with E-state index in [2.05, 4.69) is 9.62 Å². The first-order chi connectivity index (χ1) is 19.5. The Morgan fingerprint density at radius 1 is 0.976 bits per heavy atom. The molecule has 0 unspecified atom stereocenters. The molecule has 41 heavy (non-hydrogen) atoms. The first kappa shape index (κ1) is 28.1. The number of aromatic nitrogens is 2. The van der Waals surface area contributed by atoms with Crippen molar-refractivity contribution in [2.45, 2.75) is 18.4 Å². The zero-order chi connectivity index (χ0) is 29.3. The van der Waals surface area contributed by atoms with Gasteiger partial charge in [-0.05, 0) is 48.9 Å². The van der Waals surface area contributed by atoms with Crippen LogP contribution in [0.15, 0.2) is 82.5 Å². The summed E-state index contributed by atoms with van der Waals surface area (Å²) >= 11 is 0. The predicted molar refractivity (Wildman–Crippen MR) is 154 cm³/mol. The molecule has 4 aromatic rings. The van der Waals surface area contributed by atoms with Crippen LogP contribution in [0.1, 0.15) is 11.3 Å². The molecule has 1 N–H and O–H groups in total. The number of piperazine rings is 1. The molecular formula is C28H29FN6O5S. The van der Waals surface area contributed by atoms with Crippen molar-refractivity contribution in [3.63, 3.8) is 0 Å². The third-order valence-corrected chi connectivity index (χ3v) is 8.62. The van der Waals surface area contributed by atoms with Gasteiger partial charge in [-0.3, -0.25) is 29.2 Å². The third-order valence-electron chi connectivity index (χ3n) is 7.28. The Hall–Kier alpha value is -4.49. The van der Waals surface area contributed by atoms with E-state index in [-0.39, 0.29) is 22.1 Å². The van der Waals surface area contributed by atoms with Gasteiger partial charge >= 0.3 is 0 Å². The van der Waals surface area contributed by atoms with Gasteiger partial charge in [-0.2, -0.15) is 0 Å². The number of nitro benzene ring substituents is 1. The second kappa shape index (κ2) is 11.2. The van der Waals surface area contributed by atoms with Crippen LogP contribution in [0.2, 0.25) is 0 Å². The van der Waals surface area contributed by atoms with Crippen molar-refractivity contribution in [2.24, 2.45) is 7.05 Å². The van der Waals surface area contributed by atoms with Crippen LogP contribution in [0, 0.1) is 22.9 Å². The Balaban J connectivity index is 1.36. The monoisotopic (exact) mass is 580 g/mol. The number of sulfonamides is 1. The largest absolute Gasteiger partial charge is 0.363 e. The highest BCUT2D eigenvalue weighted by Crippen LogP contribution is 2.32. The Morgan fingerprint density at radius 2 is 1.63 bits per heavy atom. The SMILES string of the molecule is Cc1c(NS(=O)(=O)c2ccc(N3CCN(Cc4ccc(F)cc4)CC3)c([N+](=O)[O-])c2)c(=O)n(-c2ccccc2)n1C. The summed E-state index contributed by atoms with van der Waals surface area (Å²) in [4.78, 5) is 28.3. The van der Waals surface area contributed by atoms with E-state index in [0.29, 0.717) is 49.8 Å². The highest BCUT2D eigenvalue weighted by molar-refractivity contribution is 7.92. The van der Waals surface area contributed by atoms with Crippen LogP contribution in [0.3, 0.4) is 0 Å². The van der Waals surface area contributed by atoms with Gasteiger partial charge in [0.15, 0.2) is 0 Å². The molecule has 1 aromatic heterocycles. The summed E-state index contributed by atoms with van der Waals surface area (Å²) in [5.74, 6) is -0.297. The van der Waals surface area contributed by atoms with Gasteiger partial charge in [-0.15, -0.1) is 0 Å². The van der Waals surface area contributed by atoms with E-state index in [4.69, 9.17) is 0 Å². The number of hydrogen-bond donors (Lipinski definition) is 1. The molecule has 214 valence electrons. The van der Waals surface area contributed by atoms with Gasteiger partial charge in [0.25, 0.3) is 21.3 Å². The number of benzene rings is 3. The summed E-state index contributed by atoms with van der Waals surface area (Å²) in [6.07, 6.45) is 0. The van der Waals surface area contributed by atoms with E-state index in [0.717, 1.165) is 11.6 Å². The maximum atomic E-state index is 13.3. The molecule has 0 saturated carbocycles. The van der Waals surface area contributed by atoms with Crippen molar-refractivity contribution in [1.29, 1.82) is 0 Å². The van der Waals surface area contributed by atoms with Crippen LogP contribution in [0.5, 0.6) is 0 Å². The molecule has 0 atom stereocenters. The van der Waals surface area contributed by atoms with Gasteiger partial charge in [0.05, 0.1) is 21.2 Å². The van der Waals surface area contributed by atoms with Crippen LogP contribution in [0.4, 0.5) is 21.5 Å². The smallest absolute Gasteiger partial charge is 0.296 e. The lowest BCUT2D eigenvalue weighted by Crippen LogP contribution is -2.46. The van der Waals surface area contributed by atoms with Crippen molar-refractivity contribution >= 4 is 27.1 Å². The number of halogens is 1. The van der Waals surface area contributed by atoms with Crippen LogP contribution in [-0.4, -0.2) is 53.8 Å². The summed E-state index contributed by atoms with van der Waals surface area (Å²) in [7, 11) is -2.69. The third kappa shape index (κ3) is 5.72. The minimum atomic E-state index is -4.33. The molecule has 1 saturated heterocycles. The van der Waals surface area contributed by atoms with Crippen molar-refractivity contribution in [2.75, 3.05) is 35.8 Å². The molecule has 0 amide bonds. The minimum absolute atomic E-state index is 0.139. The van der Waals surface area contributed by atoms with Crippen LogP contribution in [0.25, 0.3) is 5.69 Å². The molecule has 5 rings (SSSR count). The lowest BCUT2D eigenvalue weighted by molar-refractivity contribution is -0.384. The molecule has 0 bridgehead atoms. The molecule has 13 heteroatoms. The Labute approximate surface area is 236 Å². The first-order valence-corrected chi connectivity index (χ1v) is 14.4. The molecule has 1 aliphatic rings. The van der Waals surface area contributed by atoms with Gasteiger partial charge in [0, 0.05) is 45.8 Å². The molecule has 0 radical (unpaired) electrons. The predicted octanol–water partition coefficient (Wildman–Crippen LogP) is 3.65. The van der Waals surface area contributed by atoms with E-state index < -0.39 is 20.5 Å². The van der Waals surface area contributed by atoms with Crippen molar-refractivity contribution in [1.82, 2.24) is 14.3 Å². The lowest BCUT2D eigenvalue weighted by Gasteiger charge is -2.35. The average Bonchev–Trinajstić information content (AvgIpc) is 3.17. The molecule has 11 nitrogen and oxygen atoms in total. The number of rotatable bonds is 8. The quantitative estimate of drug-likeness (QED) is 0.249. The van der Waals surface area contributed by atoms with Crippen LogP contribution >= 0.6 is 0 Å². The highest BCUT2D eigenvalue weighted by Gasteiger charge is 2.28. The lowest BCUT2D eigenvalue weighted by atomic mass is 10.1. The van der Waals surface area contributed by atoms with E-state index in [9.17, 15) is 27.7 Å². The van der Waals surface area contributed by atoms with E-state index in [1.165, 1.54) is 33.6 Å². The highest BCUT2D eigenvalue weighted by atomic mass is 32.2. The summed E-state index contributed by atoms with van der Waals surface area (Å²) < 4.78 is 45.1. The molecule has 0 spiro atoms. The fourth-order valence-corrected chi connectivity index (χ4v) is 6.09. The summed E-state index contributed by atoms with van der Waals surface area (Å²) in [5.41, 5.74) is 1.18. The zero-order valence-electron chi connectivity index (χ0n) is 22.5. The number of para-hydroxylation sites is 1. The van der Waals surface area contributed by atoms with Crippen molar-refractivity contribution in [3.05, 3.63) is 110 Å². The molecular weight excluding hydrogens is 551 g/mol. The standard InChI is InChI=1S/C28H29FN6O5S/c1-20-27(28(36)34(31(20)2)23-6-4-3-5-7-23)30-41(39,40)24-12-13-25(26(18-24)35(37)38)33-16-14-32(15-17-33)19-21-8-10-22(29)11-9-21/h3-13,18,30H,14-17,19H2,1-2H3. The second-order valence-electron chi connectivity index (χ2n) is 9.84. The number of nitrogens with one attached hydrogen (secondary N) is 1. The van der Waals surface area contributed by atoms with Crippen molar-refractivity contribution < 1.29 is 17.7 Å². The fourth-order valence-electron chi connectivity index (χ4n) is 4.96. The molecule has 2 heterocycles. The van der Waals surface area contributed by atoms with E-state index >= 15 is 0 Å². The number of hydrogen-bond acceptors (Lipinski definition) is 7. The minimum Gasteiger partial charge on any atom is -0.363 e. The second-order valence-corrected chi connectivity index (χ2v) is 11.5. The molecule has 1 aliphatic heterocycles. The normalized spacial score (nSPS) is 14.3. The summed E-state index contributed by atoms with van der Waals surface area (Å²) in [6.45, 7) is 4.47. The first-order valence-electron chi connectivity index (χ1n) is 12.9. The van der Waals surface area contributed by atoms with Gasteiger partial charge < -0.3 is 4.90 Å². The van der Waals surface area contributed by atoms with Gasteiger partial charge in [0.2, 0.25) is 0 Å². The Bertz CT molecular complexity index is 1750. The van der Waals surface area contributed by atoms with Gasteiger partial charge in [-0.25, -0.2) is 17.5 Å². The van der Waals surface area contributed by atoms with Crippen LogP contribution < -0.4 is 15.2 Å². The van der Waals surface area contributed by atoms with Gasteiger partial charge in [0.1, 0.15) is 17.2 Å². The van der Waals surface area contributed by atoms with Gasteiger partial charge in [-0.1, -0.05) is 30.3 Å². The van der Waals surface area contributed by atoms with Crippen molar-refractivity contribution in [3.8, 4) is 5.69 Å². The number of nitrogens with zero attached hydrogens (tertiary/aromatic N) is 5. The van der Waals surface area contributed by atoms with E-state index in [1.54, 1.807) is 56.4 Å². The maximum Gasteiger partial charge on any atom is 0.296 e. The Morgan fingerprint density at radius 3 is 2.27 bits per heavy atom. The fraction of sp³-hybridized carbons (Fsp3) is 0.250. The molecule has 1 fully saturated rings. The topological polar surface area (TPSA) is 123 Å². The van der Waals surface area contributed by atoms with Crippen LogP contribution in [-0.2, 0) is 23.6 Å².